The summed E-state index contributed by atoms with van der Waals surface area (Å²) in [5.41, 5.74) is 4.33. The van der Waals surface area contributed by atoms with E-state index in [1.807, 2.05) is 0 Å². The minimum atomic E-state index is -4.43. The van der Waals surface area contributed by atoms with Crippen molar-refractivity contribution in [3.8, 4) is 0 Å². The van der Waals surface area contributed by atoms with Crippen molar-refractivity contribution in [3.63, 3.8) is 0 Å². The number of halogens is 3. The van der Waals surface area contributed by atoms with Crippen LogP contribution in [0.4, 0.5) is 13.2 Å². The minimum absolute atomic E-state index is 0.0989. The van der Waals surface area contributed by atoms with Crippen LogP contribution >= 0.6 is 12.2 Å². The van der Waals surface area contributed by atoms with E-state index in [1.165, 1.54) is 6.20 Å². The van der Waals surface area contributed by atoms with Crippen molar-refractivity contribution in [1.82, 2.24) is 9.78 Å². The van der Waals surface area contributed by atoms with Gasteiger partial charge >= 0.3 is 6.18 Å². The zero-order chi connectivity index (χ0) is 10.9. The van der Waals surface area contributed by atoms with Crippen LogP contribution < -0.4 is 5.73 Å². The summed E-state index contributed by atoms with van der Waals surface area (Å²) in [6.45, 7) is 1.58. The molecule has 0 saturated carbocycles. The highest BCUT2D eigenvalue weighted by atomic mass is 32.1. The molecule has 1 heterocycles. The lowest BCUT2D eigenvalue weighted by Crippen LogP contribution is -2.23. The number of thiocarbonyl (C=S) groups is 1. The summed E-state index contributed by atoms with van der Waals surface area (Å²) in [4.78, 5) is 0.0989. The summed E-state index contributed by atoms with van der Waals surface area (Å²) in [7, 11) is 0. The van der Waals surface area contributed by atoms with Crippen LogP contribution in [0.25, 0.3) is 0 Å². The van der Waals surface area contributed by atoms with Crippen molar-refractivity contribution in [2.24, 2.45) is 5.73 Å². The molecule has 0 aliphatic carbocycles. The van der Waals surface area contributed by atoms with Gasteiger partial charge in [-0.2, -0.15) is 18.3 Å². The predicted octanol–water partition coefficient (Wildman–Crippen LogP) is 1.75. The summed E-state index contributed by atoms with van der Waals surface area (Å²) in [5, 5.41) is 3.33. The molecule has 0 saturated heterocycles. The zero-order valence-corrected chi connectivity index (χ0v) is 8.06. The summed E-state index contributed by atoms with van der Waals surface area (Å²) in [5.74, 6) is 0. The van der Waals surface area contributed by atoms with Gasteiger partial charge in [-0.1, -0.05) is 12.2 Å². The average Bonchev–Trinajstić information content (AvgIpc) is 2.49. The van der Waals surface area contributed by atoms with Crippen LogP contribution in [0, 0.1) is 0 Å². The molecule has 0 spiro atoms. The predicted molar refractivity (Wildman–Crippen MR) is 48.7 cm³/mol. The van der Waals surface area contributed by atoms with Gasteiger partial charge in [-0.15, -0.1) is 0 Å². The molecule has 78 valence electrons. The van der Waals surface area contributed by atoms with Crippen LogP contribution in [0.15, 0.2) is 12.3 Å². The van der Waals surface area contributed by atoms with E-state index in [2.05, 4.69) is 17.3 Å². The fourth-order valence-corrected chi connectivity index (χ4v) is 0.943. The first-order valence-electron chi connectivity index (χ1n) is 3.74. The largest absolute Gasteiger partial charge is 0.435 e. The van der Waals surface area contributed by atoms with Crippen LogP contribution in [0.3, 0.4) is 0 Å². The molecule has 1 unspecified atom stereocenters. The van der Waals surface area contributed by atoms with Crippen molar-refractivity contribution in [1.29, 1.82) is 0 Å². The van der Waals surface area contributed by atoms with Crippen LogP contribution in [-0.2, 0) is 6.18 Å². The van der Waals surface area contributed by atoms with Crippen molar-refractivity contribution >= 4 is 17.2 Å². The second-order valence-corrected chi connectivity index (χ2v) is 3.23. The number of hydrogen-bond donors (Lipinski definition) is 1. The fraction of sp³-hybridized carbons (Fsp3) is 0.429. The highest BCUT2D eigenvalue weighted by Crippen LogP contribution is 2.27. The second-order valence-electron chi connectivity index (χ2n) is 2.76. The number of nitrogens with zero attached hydrogens (tertiary/aromatic N) is 2. The normalized spacial score (nSPS) is 14.0. The van der Waals surface area contributed by atoms with Gasteiger partial charge in [0.05, 0.1) is 11.0 Å². The Bertz CT molecular complexity index is 344. The maximum Gasteiger partial charge on any atom is 0.435 e. The molecule has 0 amide bonds. The Morgan fingerprint density at radius 2 is 2.21 bits per heavy atom. The topological polar surface area (TPSA) is 43.8 Å². The number of rotatable bonds is 2. The Labute approximate surface area is 83.7 Å². The molecule has 0 bridgehead atoms. The summed E-state index contributed by atoms with van der Waals surface area (Å²) < 4.78 is 37.5. The van der Waals surface area contributed by atoms with Crippen molar-refractivity contribution in [2.75, 3.05) is 0 Å². The molecular formula is C7H8F3N3S. The first-order valence-corrected chi connectivity index (χ1v) is 4.15. The molecule has 0 radical (unpaired) electrons. The molecule has 3 nitrogen and oxygen atoms in total. The Balaban J connectivity index is 2.94. The lowest BCUT2D eigenvalue weighted by Gasteiger charge is -2.09. The molecule has 1 rings (SSSR count). The van der Waals surface area contributed by atoms with Crippen molar-refractivity contribution < 1.29 is 13.2 Å². The van der Waals surface area contributed by atoms with Crippen molar-refractivity contribution in [2.45, 2.75) is 19.1 Å². The van der Waals surface area contributed by atoms with E-state index >= 15 is 0 Å². The van der Waals surface area contributed by atoms with E-state index in [-0.39, 0.29) is 4.99 Å². The molecule has 0 fully saturated rings. The quantitative estimate of drug-likeness (QED) is 0.777. The maximum absolute atomic E-state index is 12.1. The lowest BCUT2D eigenvalue weighted by atomic mass is 10.3. The molecule has 2 N–H and O–H groups in total. The molecule has 0 aliphatic heterocycles. The smallest absolute Gasteiger partial charge is 0.392 e. The zero-order valence-electron chi connectivity index (χ0n) is 7.25. The third-order valence-corrected chi connectivity index (χ3v) is 2.05. The van der Waals surface area contributed by atoms with E-state index in [1.54, 1.807) is 6.92 Å². The second kappa shape index (κ2) is 3.56. The van der Waals surface area contributed by atoms with Gasteiger partial charge in [0.1, 0.15) is 0 Å². The van der Waals surface area contributed by atoms with Gasteiger partial charge in [0, 0.05) is 6.20 Å². The Morgan fingerprint density at radius 1 is 1.64 bits per heavy atom. The number of alkyl halides is 3. The van der Waals surface area contributed by atoms with Gasteiger partial charge in [-0.3, -0.25) is 4.68 Å². The van der Waals surface area contributed by atoms with Crippen LogP contribution in [0.5, 0.6) is 0 Å². The molecule has 1 atom stereocenters. The summed E-state index contributed by atoms with van der Waals surface area (Å²) in [6.07, 6.45) is -3.23. The monoisotopic (exact) mass is 223 g/mol. The van der Waals surface area contributed by atoms with Crippen LogP contribution in [0.1, 0.15) is 18.7 Å². The molecule has 0 aromatic carbocycles. The van der Waals surface area contributed by atoms with Gasteiger partial charge < -0.3 is 5.73 Å². The Kier molecular flexibility index (Phi) is 2.79. The van der Waals surface area contributed by atoms with E-state index in [4.69, 9.17) is 5.73 Å². The molecule has 14 heavy (non-hydrogen) atoms. The fourth-order valence-electron chi connectivity index (χ4n) is 0.835. The molecule has 0 aliphatic rings. The SMILES string of the molecule is CC(C(N)=S)n1ccc(C(F)(F)F)n1. The molecule has 1 aromatic heterocycles. The molecule has 7 heteroatoms. The first-order chi connectivity index (χ1) is 6.32. The van der Waals surface area contributed by atoms with Crippen LogP contribution in [-0.4, -0.2) is 14.8 Å². The van der Waals surface area contributed by atoms with Crippen molar-refractivity contribution in [3.05, 3.63) is 18.0 Å². The number of nitrogens with two attached hydrogens (primary N) is 1. The number of hydrogen-bond acceptors (Lipinski definition) is 2. The van der Waals surface area contributed by atoms with Gasteiger partial charge in [-0.25, -0.2) is 0 Å². The highest BCUT2D eigenvalue weighted by Gasteiger charge is 2.33. The third-order valence-electron chi connectivity index (χ3n) is 1.71. The lowest BCUT2D eigenvalue weighted by molar-refractivity contribution is -0.141. The summed E-state index contributed by atoms with van der Waals surface area (Å²) >= 11 is 4.64. The van der Waals surface area contributed by atoms with Gasteiger partial charge in [0.15, 0.2) is 5.69 Å². The minimum Gasteiger partial charge on any atom is -0.392 e. The van der Waals surface area contributed by atoms with Gasteiger partial charge in [0.25, 0.3) is 0 Å². The van der Waals surface area contributed by atoms with E-state index in [0.29, 0.717) is 0 Å². The number of aromatic nitrogens is 2. The third kappa shape index (κ3) is 2.22. The van der Waals surface area contributed by atoms with E-state index in [9.17, 15) is 13.2 Å². The summed E-state index contributed by atoms with van der Waals surface area (Å²) in [6, 6.07) is 0.371. The molecular weight excluding hydrogens is 215 g/mol. The first kappa shape index (κ1) is 11.0. The van der Waals surface area contributed by atoms with Gasteiger partial charge in [0.2, 0.25) is 0 Å². The Morgan fingerprint density at radius 3 is 2.57 bits per heavy atom. The average molecular weight is 223 g/mol. The standard InChI is InChI=1S/C7H8F3N3S/c1-4(6(11)14)13-3-2-5(12-13)7(8,9)10/h2-4H,1H3,(H2,11,14). The van der Waals surface area contributed by atoms with E-state index in [0.717, 1.165) is 10.7 Å². The Hall–Kier alpha value is -1.11. The molecule has 1 aromatic rings. The van der Waals surface area contributed by atoms with Crippen LogP contribution in [0.2, 0.25) is 0 Å². The highest BCUT2D eigenvalue weighted by molar-refractivity contribution is 7.80. The maximum atomic E-state index is 12.1. The van der Waals surface area contributed by atoms with Gasteiger partial charge in [-0.05, 0) is 13.0 Å². The van der Waals surface area contributed by atoms with E-state index < -0.39 is 17.9 Å².